The van der Waals surface area contributed by atoms with E-state index in [2.05, 4.69) is 12.2 Å². The van der Waals surface area contributed by atoms with E-state index in [1.54, 1.807) is 30.3 Å². The van der Waals surface area contributed by atoms with Gasteiger partial charge >= 0.3 is 12.3 Å². The molecule has 1 aromatic carbocycles. The zero-order chi connectivity index (χ0) is 17.4. The van der Waals surface area contributed by atoms with Gasteiger partial charge < -0.3 is 10.1 Å². The number of nitrogens with one attached hydrogen (secondary N) is 1. The third-order valence-corrected chi connectivity index (χ3v) is 4.68. The molecule has 6 heteroatoms. The second-order valence-corrected chi connectivity index (χ2v) is 6.52. The van der Waals surface area contributed by atoms with Gasteiger partial charge in [-0.3, -0.25) is 10.1 Å². The number of hydrogen-bond acceptors (Lipinski definition) is 4. The Morgan fingerprint density at radius 2 is 1.96 bits per heavy atom. The van der Waals surface area contributed by atoms with Gasteiger partial charge in [0.25, 0.3) is 0 Å². The van der Waals surface area contributed by atoms with Crippen molar-refractivity contribution in [2.24, 2.45) is 0 Å². The smallest absolute Gasteiger partial charge is 0.377 e. The van der Waals surface area contributed by atoms with E-state index in [9.17, 15) is 14.9 Å². The van der Waals surface area contributed by atoms with Crippen molar-refractivity contribution < 1.29 is 14.5 Å². The Labute approximate surface area is 142 Å². The van der Waals surface area contributed by atoms with Crippen LogP contribution in [0.2, 0.25) is 0 Å². The SMILES string of the molecule is CCCCC1(NC(=O)OC(c2ccccc2)[N+](=O)[O-])CCCCC1. The molecular formula is C18H26N2O4. The zero-order valence-electron chi connectivity index (χ0n) is 14.2. The highest BCUT2D eigenvalue weighted by molar-refractivity contribution is 5.68. The van der Waals surface area contributed by atoms with Crippen LogP contribution in [0, 0.1) is 10.1 Å². The molecule has 1 amide bonds. The molecule has 0 aliphatic heterocycles. The molecule has 0 spiro atoms. The molecule has 2 rings (SSSR count). The van der Waals surface area contributed by atoms with Crippen LogP contribution in [0.4, 0.5) is 4.79 Å². The van der Waals surface area contributed by atoms with Crippen LogP contribution >= 0.6 is 0 Å². The largest absolute Gasteiger partial charge is 0.413 e. The summed E-state index contributed by atoms with van der Waals surface area (Å²) in [6, 6.07) is 8.33. The second-order valence-electron chi connectivity index (χ2n) is 6.52. The van der Waals surface area contributed by atoms with Crippen LogP contribution in [-0.2, 0) is 4.74 Å². The van der Waals surface area contributed by atoms with Crippen molar-refractivity contribution in [1.82, 2.24) is 5.32 Å². The van der Waals surface area contributed by atoms with Crippen LogP contribution in [-0.4, -0.2) is 16.6 Å². The van der Waals surface area contributed by atoms with Crippen molar-refractivity contribution in [3.63, 3.8) is 0 Å². The van der Waals surface area contributed by atoms with Crippen LogP contribution in [0.5, 0.6) is 0 Å². The fraction of sp³-hybridized carbons (Fsp3) is 0.611. The Kier molecular flexibility index (Phi) is 6.58. The predicted octanol–water partition coefficient (Wildman–Crippen LogP) is 4.58. The first-order valence-electron chi connectivity index (χ1n) is 8.73. The molecule has 0 heterocycles. The number of nitrogens with zero attached hydrogens (tertiary/aromatic N) is 1. The van der Waals surface area contributed by atoms with Gasteiger partial charge in [0.05, 0.1) is 10.5 Å². The van der Waals surface area contributed by atoms with Crippen molar-refractivity contribution in [2.45, 2.75) is 70.1 Å². The minimum Gasteiger partial charge on any atom is -0.377 e. The topological polar surface area (TPSA) is 81.5 Å². The molecule has 1 atom stereocenters. The van der Waals surface area contributed by atoms with E-state index in [1.165, 1.54) is 6.42 Å². The number of carbonyl (C=O) groups is 1. The first kappa shape index (κ1) is 18.2. The summed E-state index contributed by atoms with van der Waals surface area (Å²) in [7, 11) is 0. The first-order chi connectivity index (χ1) is 11.6. The fourth-order valence-electron chi connectivity index (χ4n) is 3.38. The average molecular weight is 334 g/mol. The molecular weight excluding hydrogens is 308 g/mol. The Bertz CT molecular complexity index is 541. The van der Waals surface area contributed by atoms with Crippen LogP contribution < -0.4 is 5.32 Å². The minimum absolute atomic E-state index is 0.275. The molecule has 0 radical (unpaired) electrons. The molecule has 1 fully saturated rings. The minimum atomic E-state index is -1.47. The van der Waals surface area contributed by atoms with Gasteiger partial charge in [-0.2, -0.15) is 0 Å². The lowest BCUT2D eigenvalue weighted by atomic mass is 9.78. The number of nitro groups is 1. The van der Waals surface area contributed by atoms with E-state index in [1.807, 2.05) is 0 Å². The monoisotopic (exact) mass is 334 g/mol. The van der Waals surface area contributed by atoms with E-state index in [0.29, 0.717) is 5.56 Å². The number of ether oxygens (including phenoxy) is 1. The molecule has 0 saturated heterocycles. The molecule has 6 nitrogen and oxygen atoms in total. The van der Waals surface area contributed by atoms with E-state index >= 15 is 0 Å². The Morgan fingerprint density at radius 3 is 2.54 bits per heavy atom. The molecule has 1 aliphatic rings. The number of benzene rings is 1. The molecule has 0 aromatic heterocycles. The highest BCUT2D eigenvalue weighted by Crippen LogP contribution is 2.33. The number of hydrogen-bond donors (Lipinski definition) is 1. The molecule has 24 heavy (non-hydrogen) atoms. The quantitative estimate of drug-likeness (QED) is 0.449. The Hall–Kier alpha value is -2.11. The van der Waals surface area contributed by atoms with Crippen LogP contribution in [0.1, 0.15) is 70.1 Å². The summed E-state index contributed by atoms with van der Waals surface area (Å²) in [6.07, 6.45) is 5.95. The Morgan fingerprint density at radius 1 is 1.29 bits per heavy atom. The summed E-state index contributed by atoms with van der Waals surface area (Å²) in [4.78, 5) is 23.0. The van der Waals surface area contributed by atoms with Crippen molar-refractivity contribution in [1.29, 1.82) is 0 Å². The summed E-state index contributed by atoms with van der Waals surface area (Å²) in [5.41, 5.74) is 0.0901. The first-order valence-corrected chi connectivity index (χ1v) is 8.73. The number of alkyl carbamates (subject to hydrolysis) is 1. The normalized spacial score (nSPS) is 17.7. The molecule has 0 bridgehead atoms. The van der Waals surface area contributed by atoms with Crippen molar-refractivity contribution in [3.8, 4) is 0 Å². The lowest BCUT2D eigenvalue weighted by Crippen LogP contribution is -2.50. The maximum absolute atomic E-state index is 12.3. The summed E-state index contributed by atoms with van der Waals surface area (Å²) < 4.78 is 5.16. The van der Waals surface area contributed by atoms with Crippen LogP contribution in [0.15, 0.2) is 30.3 Å². The lowest BCUT2D eigenvalue weighted by Gasteiger charge is -2.38. The summed E-state index contributed by atoms with van der Waals surface area (Å²) in [5.74, 6) is 0. The van der Waals surface area contributed by atoms with E-state index < -0.39 is 17.2 Å². The maximum Gasteiger partial charge on any atom is 0.413 e. The van der Waals surface area contributed by atoms with Gasteiger partial charge in [0, 0.05) is 5.54 Å². The fourth-order valence-corrected chi connectivity index (χ4v) is 3.38. The van der Waals surface area contributed by atoms with Crippen molar-refractivity contribution in [2.75, 3.05) is 0 Å². The summed E-state index contributed by atoms with van der Waals surface area (Å²) >= 11 is 0. The second kappa shape index (κ2) is 8.66. The molecule has 1 aromatic rings. The van der Waals surface area contributed by atoms with Gasteiger partial charge in [0.15, 0.2) is 0 Å². The number of carbonyl (C=O) groups excluding carboxylic acids is 1. The average Bonchev–Trinajstić information content (AvgIpc) is 2.59. The van der Waals surface area contributed by atoms with Crippen molar-refractivity contribution >= 4 is 6.09 Å². The molecule has 1 unspecified atom stereocenters. The van der Waals surface area contributed by atoms with E-state index in [4.69, 9.17) is 4.74 Å². The predicted molar refractivity (Wildman–Crippen MR) is 91.1 cm³/mol. The highest BCUT2D eigenvalue weighted by atomic mass is 16.7. The van der Waals surface area contributed by atoms with Crippen molar-refractivity contribution in [3.05, 3.63) is 46.0 Å². The van der Waals surface area contributed by atoms with Gasteiger partial charge in [-0.1, -0.05) is 57.2 Å². The van der Waals surface area contributed by atoms with Crippen LogP contribution in [0.25, 0.3) is 0 Å². The maximum atomic E-state index is 12.3. The summed E-state index contributed by atoms with van der Waals surface area (Å²) in [5, 5.41) is 14.2. The van der Waals surface area contributed by atoms with Gasteiger partial charge in [-0.25, -0.2) is 4.79 Å². The van der Waals surface area contributed by atoms with Gasteiger partial charge in [-0.05, 0) is 31.4 Å². The van der Waals surface area contributed by atoms with Crippen LogP contribution in [0.3, 0.4) is 0 Å². The summed E-state index contributed by atoms with van der Waals surface area (Å²) in [6.45, 7) is 2.12. The van der Waals surface area contributed by atoms with Gasteiger partial charge in [-0.15, -0.1) is 0 Å². The molecule has 1 aliphatic carbocycles. The van der Waals surface area contributed by atoms with E-state index in [-0.39, 0.29) is 5.54 Å². The number of rotatable bonds is 7. The number of amides is 1. The van der Waals surface area contributed by atoms with Gasteiger partial charge in [0.1, 0.15) is 0 Å². The number of unbranched alkanes of at least 4 members (excludes halogenated alkanes) is 1. The zero-order valence-corrected chi connectivity index (χ0v) is 14.2. The van der Waals surface area contributed by atoms with E-state index in [0.717, 1.165) is 44.9 Å². The Balaban J connectivity index is 2.04. The molecule has 1 saturated carbocycles. The third kappa shape index (κ3) is 4.94. The lowest BCUT2D eigenvalue weighted by molar-refractivity contribution is -0.575. The van der Waals surface area contributed by atoms with Gasteiger partial charge in [0.2, 0.25) is 0 Å². The highest BCUT2D eigenvalue weighted by Gasteiger charge is 2.35. The molecule has 132 valence electrons. The third-order valence-electron chi connectivity index (χ3n) is 4.68. The molecule has 1 N–H and O–H groups in total. The standard InChI is InChI=1S/C18H26N2O4/c1-2-3-12-18(13-8-5-9-14-18)19-17(21)24-16(20(22)23)15-10-6-4-7-11-15/h4,6-7,10-11,16H,2-3,5,8-9,12-14H2,1H3,(H,19,21).